The summed E-state index contributed by atoms with van der Waals surface area (Å²) < 4.78 is 12.1. The smallest absolute Gasteiger partial charge is 0.134 e. The van der Waals surface area contributed by atoms with Crippen molar-refractivity contribution in [3.8, 4) is 22.3 Å². The van der Waals surface area contributed by atoms with E-state index in [1.807, 2.05) is 0 Å². The van der Waals surface area contributed by atoms with Crippen LogP contribution in [-0.2, 0) is 0 Å². The third-order valence-corrected chi connectivity index (χ3v) is 13.1. The van der Waals surface area contributed by atoms with E-state index in [9.17, 15) is 0 Å². The van der Waals surface area contributed by atoms with Crippen molar-refractivity contribution in [3.05, 3.63) is 243 Å². The molecule has 0 amide bonds. The monoisotopic (exact) mass is 844 g/mol. The third kappa shape index (κ3) is 6.38. The van der Waals surface area contributed by atoms with Gasteiger partial charge in [-0.25, -0.2) is 0 Å². The summed E-state index contributed by atoms with van der Waals surface area (Å²) in [4.78, 5) is 4.61. The molecule has 13 rings (SSSR count). The van der Waals surface area contributed by atoms with Gasteiger partial charge in [0.25, 0.3) is 0 Å². The fourth-order valence-electron chi connectivity index (χ4n) is 9.98. The van der Waals surface area contributed by atoms with Crippen LogP contribution in [0, 0.1) is 0 Å². The highest BCUT2D eigenvalue weighted by atomic mass is 16.3. The molecule has 4 heteroatoms. The Bertz CT molecular complexity index is 3560. The molecule has 0 saturated heterocycles. The summed E-state index contributed by atoms with van der Waals surface area (Å²) in [5.74, 6) is 0. The van der Waals surface area contributed by atoms with E-state index in [1.165, 1.54) is 32.7 Å². The van der Waals surface area contributed by atoms with Gasteiger partial charge >= 0.3 is 0 Å². The number of furan rings is 2. The number of rotatable bonds is 8. The Morgan fingerprint density at radius 3 is 0.955 bits per heavy atom. The van der Waals surface area contributed by atoms with E-state index in [1.54, 1.807) is 12.5 Å². The maximum atomic E-state index is 6.06. The zero-order chi connectivity index (χ0) is 43.6. The standard InChI is InChI=1S/C62H40N2O2/c1-5-13-47(14-6-1)63(48-15-7-2-8-16-48)51-25-21-41(22-26-51)53-36-45-33-46-37-54(42-23-27-52(28-24-42)64(49-17-9-3-10-18-49)50-19-11-4-12-20-50)58-35-44-30-32-66-62(44)40-60(58)56(46)38-55(45)59-39-61-43(29-31-65-61)34-57(53)59/h1-40H. The molecule has 0 unspecified atom stereocenters. The molecule has 310 valence electrons. The molecule has 0 aliphatic carbocycles. The number of hydrogen-bond acceptors (Lipinski definition) is 4. The largest absolute Gasteiger partial charge is 0.464 e. The van der Waals surface area contributed by atoms with Crippen molar-refractivity contribution in [2.75, 3.05) is 9.80 Å². The van der Waals surface area contributed by atoms with Gasteiger partial charge in [0.2, 0.25) is 0 Å². The molecule has 0 bridgehead atoms. The third-order valence-electron chi connectivity index (χ3n) is 13.1. The summed E-state index contributed by atoms with van der Waals surface area (Å²) in [5.41, 5.74) is 13.0. The van der Waals surface area contributed by atoms with Crippen molar-refractivity contribution in [2.45, 2.75) is 0 Å². The topological polar surface area (TPSA) is 32.8 Å². The van der Waals surface area contributed by atoms with Crippen LogP contribution in [0.3, 0.4) is 0 Å². The first-order valence-electron chi connectivity index (χ1n) is 22.4. The second kappa shape index (κ2) is 15.4. The van der Waals surface area contributed by atoms with Gasteiger partial charge in [0.15, 0.2) is 0 Å². The average molecular weight is 845 g/mol. The molecule has 0 fully saturated rings. The summed E-state index contributed by atoms with van der Waals surface area (Å²) in [7, 11) is 0. The zero-order valence-electron chi connectivity index (χ0n) is 35.8. The number of para-hydroxylation sites is 4. The minimum absolute atomic E-state index is 0.872. The highest BCUT2D eigenvalue weighted by molar-refractivity contribution is 6.24. The summed E-state index contributed by atoms with van der Waals surface area (Å²) in [6.07, 6.45) is 3.57. The first-order chi connectivity index (χ1) is 32.7. The molecule has 0 aliphatic heterocycles. The molecule has 0 aliphatic rings. The molecule has 0 radical (unpaired) electrons. The van der Waals surface area contributed by atoms with E-state index in [2.05, 4.69) is 240 Å². The molecule has 2 aromatic heterocycles. The summed E-state index contributed by atoms with van der Waals surface area (Å²) in [6, 6.07) is 82.8. The molecule has 4 nitrogen and oxygen atoms in total. The maximum absolute atomic E-state index is 6.06. The lowest BCUT2D eigenvalue weighted by Gasteiger charge is -2.25. The lowest BCUT2D eigenvalue weighted by Crippen LogP contribution is -2.09. The average Bonchev–Trinajstić information content (AvgIpc) is 4.06. The molecule has 2 heterocycles. The number of fused-ring (bicyclic) bond motifs is 8. The predicted molar refractivity (Wildman–Crippen MR) is 276 cm³/mol. The van der Waals surface area contributed by atoms with Gasteiger partial charge in [0, 0.05) is 44.9 Å². The van der Waals surface area contributed by atoms with Crippen molar-refractivity contribution in [3.63, 3.8) is 0 Å². The first-order valence-corrected chi connectivity index (χ1v) is 22.4. The van der Waals surface area contributed by atoms with E-state index in [0.29, 0.717) is 0 Å². The number of hydrogen-bond donors (Lipinski definition) is 0. The Hall–Kier alpha value is -8.86. The second-order valence-corrected chi connectivity index (χ2v) is 17.0. The van der Waals surface area contributed by atoms with E-state index in [-0.39, 0.29) is 0 Å². The van der Waals surface area contributed by atoms with Gasteiger partial charge in [0.05, 0.1) is 12.5 Å². The van der Waals surface area contributed by atoms with Gasteiger partial charge in [-0.3, -0.25) is 0 Å². The van der Waals surface area contributed by atoms with Crippen LogP contribution in [0.2, 0.25) is 0 Å². The number of benzene rings is 11. The summed E-state index contributed by atoms with van der Waals surface area (Å²) >= 11 is 0. The lowest BCUT2D eigenvalue weighted by atomic mass is 9.88. The molecular formula is C62H40N2O2. The predicted octanol–water partition coefficient (Wildman–Crippen LogP) is 18.1. The fourth-order valence-corrected chi connectivity index (χ4v) is 9.98. The van der Waals surface area contributed by atoms with Crippen molar-refractivity contribution in [1.29, 1.82) is 0 Å². The van der Waals surface area contributed by atoms with Crippen LogP contribution in [0.4, 0.5) is 34.1 Å². The molecule has 11 aromatic carbocycles. The summed E-state index contributed by atoms with van der Waals surface area (Å²) in [6.45, 7) is 0. The fraction of sp³-hybridized carbons (Fsp3) is 0. The lowest BCUT2D eigenvalue weighted by molar-refractivity contribution is 0.616. The number of nitrogens with zero attached hydrogens (tertiary/aromatic N) is 2. The molecular weight excluding hydrogens is 805 g/mol. The van der Waals surface area contributed by atoms with Crippen LogP contribution in [-0.4, -0.2) is 0 Å². The minimum Gasteiger partial charge on any atom is -0.464 e. The van der Waals surface area contributed by atoms with E-state index < -0.39 is 0 Å². The molecule has 13 aromatic rings. The van der Waals surface area contributed by atoms with Crippen LogP contribution in [0.25, 0.3) is 87.3 Å². The Labute approximate surface area is 381 Å². The summed E-state index contributed by atoms with van der Waals surface area (Å²) in [5, 5.41) is 11.5. The van der Waals surface area contributed by atoms with E-state index >= 15 is 0 Å². The van der Waals surface area contributed by atoms with Gasteiger partial charge in [-0.15, -0.1) is 0 Å². The second-order valence-electron chi connectivity index (χ2n) is 17.0. The Morgan fingerprint density at radius 2 is 0.591 bits per heavy atom. The van der Waals surface area contributed by atoms with Crippen LogP contribution in [0.5, 0.6) is 0 Å². The van der Waals surface area contributed by atoms with Gasteiger partial charge in [-0.05, 0) is 199 Å². The molecule has 0 saturated carbocycles. The maximum Gasteiger partial charge on any atom is 0.134 e. The zero-order valence-corrected chi connectivity index (χ0v) is 35.8. The van der Waals surface area contributed by atoms with Gasteiger partial charge in [0.1, 0.15) is 11.2 Å². The van der Waals surface area contributed by atoms with Crippen molar-refractivity contribution < 1.29 is 8.83 Å². The normalized spacial score (nSPS) is 11.6. The quantitative estimate of drug-likeness (QED) is 0.113. The SMILES string of the molecule is c1ccc(N(c2ccccc2)c2ccc(-c3cc4cc5cc(-c6ccc(N(c7ccccc7)c7ccccc7)cc6)c6cc7ccoc7cc6c5cc4c4cc5occc5cc34)cc2)cc1. The van der Waals surface area contributed by atoms with Gasteiger partial charge in [-0.1, -0.05) is 97.1 Å². The van der Waals surface area contributed by atoms with Crippen LogP contribution < -0.4 is 9.80 Å². The van der Waals surface area contributed by atoms with Crippen molar-refractivity contribution in [2.24, 2.45) is 0 Å². The van der Waals surface area contributed by atoms with Crippen LogP contribution >= 0.6 is 0 Å². The Balaban J connectivity index is 0.991. The van der Waals surface area contributed by atoms with Gasteiger partial charge < -0.3 is 18.6 Å². The van der Waals surface area contributed by atoms with Gasteiger partial charge in [-0.2, -0.15) is 0 Å². The van der Waals surface area contributed by atoms with Crippen molar-refractivity contribution in [1.82, 2.24) is 0 Å². The van der Waals surface area contributed by atoms with Crippen LogP contribution in [0.15, 0.2) is 252 Å². The first kappa shape index (κ1) is 37.7. The molecule has 0 spiro atoms. The molecule has 0 N–H and O–H groups in total. The molecule has 0 atom stereocenters. The highest BCUT2D eigenvalue weighted by Crippen LogP contribution is 2.45. The Morgan fingerprint density at radius 1 is 0.242 bits per heavy atom. The van der Waals surface area contributed by atoms with Crippen molar-refractivity contribution >= 4 is 99.2 Å². The highest BCUT2D eigenvalue weighted by Gasteiger charge is 2.19. The number of anilines is 6. The van der Waals surface area contributed by atoms with Crippen LogP contribution in [0.1, 0.15) is 0 Å². The van der Waals surface area contributed by atoms with E-state index in [4.69, 9.17) is 8.83 Å². The molecule has 66 heavy (non-hydrogen) atoms. The van der Waals surface area contributed by atoms with E-state index in [0.717, 1.165) is 88.7 Å². The minimum atomic E-state index is 0.872. The Kier molecular flexibility index (Phi) is 8.81.